The Morgan fingerprint density at radius 2 is 2.19 bits per heavy atom. The van der Waals surface area contributed by atoms with Crippen molar-refractivity contribution < 1.29 is 8.95 Å². The van der Waals surface area contributed by atoms with Gasteiger partial charge < -0.3 is 10.1 Å². The van der Waals surface area contributed by atoms with Gasteiger partial charge in [0.2, 0.25) is 0 Å². The standard InChI is InChI=1S/C17H27NO2S/c1-4-10-18-16-9-8-13(2)11-17(16)21(19)15-7-5-6-14(12-15)20-3/h5-7,12-13,16-18H,4,8-11H2,1-3H3. The third kappa shape index (κ3) is 4.30. The largest absolute Gasteiger partial charge is 0.497 e. The van der Waals surface area contributed by atoms with Crippen LogP contribution in [0.5, 0.6) is 5.75 Å². The minimum Gasteiger partial charge on any atom is -0.497 e. The molecule has 1 N–H and O–H groups in total. The molecule has 4 atom stereocenters. The summed E-state index contributed by atoms with van der Waals surface area (Å²) in [6, 6.07) is 8.05. The molecular formula is C17H27NO2S. The molecule has 1 aliphatic carbocycles. The maximum absolute atomic E-state index is 13.0. The first-order valence-corrected chi connectivity index (χ1v) is 9.15. The maximum atomic E-state index is 13.0. The van der Waals surface area contributed by atoms with E-state index in [2.05, 4.69) is 19.2 Å². The van der Waals surface area contributed by atoms with Crippen LogP contribution in [0.15, 0.2) is 29.2 Å². The van der Waals surface area contributed by atoms with Gasteiger partial charge in [0.05, 0.1) is 23.2 Å². The van der Waals surface area contributed by atoms with Gasteiger partial charge in [-0.05, 0) is 56.3 Å². The van der Waals surface area contributed by atoms with Crippen molar-refractivity contribution >= 4 is 10.8 Å². The quantitative estimate of drug-likeness (QED) is 0.875. The zero-order valence-electron chi connectivity index (χ0n) is 13.3. The van der Waals surface area contributed by atoms with E-state index in [1.54, 1.807) is 7.11 Å². The second kappa shape index (κ2) is 7.95. The predicted molar refractivity (Wildman–Crippen MR) is 88.3 cm³/mol. The van der Waals surface area contributed by atoms with E-state index in [9.17, 15) is 4.21 Å². The molecule has 1 fully saturated rings. The number of rotatable bonds is 6. The van der Waals surface area contributed by atoms with E-state index in [4.69, 9.17) is 4.74 Å². The molecule has 0 saturated heterocycles. The van der Waals surface area contributed by atoms with E-state index in [1.807, 2.05) is 24.3 Å². The van der Waals surface area contributed by atoms with Crippen molar-refractivity contribution in [3.8, 4) is 5.75 Å². The van der Waals surface area contributed by atoms with Gasteiger partial charge in [-0.25, -0.2) is 0 Å². The Kier molecular flexibility index (Phi) is 6.24. The summed E-state index contributed by atoms with van der Waals surface area (Å²) in [7, 11) is 0.671. The van der Waals surface area contributed by atoms with E-state index in [0.29, 0.717) is 12.0 Å². The molecule has 0 aromatic heterocycles. The summed E-state index contributed by atoms with van der Waals surface area (Å²) in [6.45, 7) is 5.45. The van der Waals surface area contributed by atoms with Crippen LogP contribution < -0.4 is 10.1 Å². The molecule has 21 heavy (non-hydrogen) atoms. The van der Waals surface area contributed by atoms with Crippen molar-refractivity contribution in [1.29, 1.82) is 0 Å². The minimum absolute atomic E-state index is 0.201. The van der Waals surface area contributed by atoms with E-state index < -0.39 is 10.8 Å². The molecule has 4 unspecified atom stereocenters. The van der Waals surface area contributed by atoms with Gasteiger partial charge in [0.1, 0.15) is 5.75 Å². The molecule has 0 spiro atoms. The van der Waals surface area contributed by atoms with Crippen LogP contribution in [-0.4, -0.2) is 29.2 Å². The number of benzene rings is 1. The first-order chi connectivity index (χ1) is 10.2. The van der Waals surface area contributed by atoms with Gasteiger partial charge in [-0.1, -0.05) is 19.9 Å². The molecule has 0 heterocycles. The van der Waals surface area contributed by atoms with Crippen LogP contribution in [-0.2, 0) is 10.8 Å². The molecule has 0 radical (unpaired) electrons. The minimum atomic E-state index is -0.978. The highest BCUT2D eigenvalue weighted by atomic mass is 32.2. The van der Waals surface area contributed by atoms with Crippen LogP contribution in [0, 0.1) is 5.92 Å². The van der Waals surface area contributed by atoms with Crippen molar-refractivity contribution in [2.75, 3.05) is 13.7 Å². The van der Waals surface area contributed by atoms with E-state index >= 15 is 0 Å². The predicted octanol–water partition coefficient (Wildman–Crippen LogP) is 3.36. The molecule has 118 valence electrons. The molecule has 0 amide bonds. The molecule has 1 aromatic rings. The third-order valence-electron chi connectivity index (χ3n) is 4.26. The summed E-state index contributed by atoms with van der Waals surface area (Å²) in [6.07, 6.45) is 4.50. The second-order valence-corrected chi connectivity index (χ2v) is 7.67. The maximum Gasteiger partial charge on any atom is 0.120 e. The highest BCUT2D eigenvalue weighted by Gasteiger charge is 2.33. The number of nitrogens with one attached hydrogen (secondary N) is 1. The van der Waals surface area contributed by atoms with Crippen LogP contribution >= 0.6 is 0 Å². The molecule has 1 saturated carbocycles. The van der Waals surface area contributed by atoms with Crippen molar-refractivity contribution in [2.24, 2.45) is 5.92 Å². The van der Waals surface area contributed by atoms with Gasteiger partial charge in [0.25, 0.3) is 0 Å². The average Bonchev–Trinajstić information content (AvgIpc) is 2.53. The average molecular weight is 309 g/mol. The summed E-state index contributed by atoms with van der Waals surface area (Å²) in [4.78, 5) is 0.886. The van der Waals surface area contributed by atoms with Gasteiger partial charge in [-0.15, -0.1) is 0 Å². The fourth-order valence-corrected chi connectivity index (χ4v) is 4.86. The molecular weight excluding hydrogens is 282 g/mol. The Morgan fingerprint density at radius 1 is 1.38 bits per heavy atom. The van der Waals surface area contributed by atoms with Crippen LogP contribution in [0.1, 0.15) is 39.5 Å². The molecule has 0 bridgehead atoms. The number of hydrogen-bond acceptors (Lipinski definition) is 3. The van der Waals surface area contributed by atoms with Gasteiger partial charge in [-0.3, -0.25) is 4.21 Å². The Hall–Kier alpha value is -0.870. The lowest BCUT2D eigenvalue weighted by molar-refractivity contribution is 0.313. The first-order valence-electron chi connectivity index (χ1n) is 7.93. The Bertz CT molecular complexity index is 476. The Morgan fingerprint density at radius 3 is 2.90 bits per heavy atom. The fraction of sp³-hybridized carbons (Fsp3) is 0.647. The Labute approximate surface area is 130 Å². The summed E-state index contributed by atoms with van der Waals surface area (Å²) in [5, 5.41) is 3.80. The second-order valence-electron chi connectivity index (χ2n) is 5.99. The highest BCUT2D eigenvalue weighted by Crippen LogP contribution is 2.31. The molecule has 1 aliphatic rings. The molecule has 3 nitrogen and oxygen atoms in total. The van der Waals surface area contributed by atoms with Crippen molar-refractivity contribution in [1.82, 2.24) is 5.32 Å². The SMILES string of the molecule is CCCNC1CCC(C)CC1S(=O)c1cccc(OC)c1. The zero-order valence-corrected chi connectivity index (χ0v) is 14.1. The molecule has 0 aliphatic heterocycles. The van der Waals surface area contributed by atoms with E-state index in [-0.39, 0.29) is 5.25 Å². The normalized spacial score (nSPS) is 27.3. The van der Waals surface area contributed by atoms with Gasteiger partial charge >= 0.3 is 0 Å². The van der Waals surface area contributed by atoms with Gasteiger partial charge in [0.15, 0.2) is 0 Å². The van der Waals surface area contributed by atoms with Gasteiger partial charge in [-0.2, -0.15) is 0 Å². The smallest absolute Gasteiger partial charge is 0.120 e. The van der Waals surface area contributed by atoms with E-state index in [1.165, 1.54) is 6.42 Å². The molecule has 4 heteroatoms. The van der Waals surface area contributed by atoms with Crippen molar-refractivity contribution in [3.05, 3.63) is 24.3 Å². The lowest BCUT2D eigenvalue weighted by atomic mass is 9.87. The molecule has 2 rings (SSSR count). The van der Waals surface area contributed by atoms with Crippen LogP contribution in [0.4, 0.5) is 0 Å². The summed E-state index contributed by atoms with van der Waals surface area (Å²) in [5.74, 6) is 1.44. The summed E-state index contributed by atoms with van der Waals surface area (Å²) in [5.41, 5.74) is 0. The third-order valence-corrected chi connectivity index (χ3v) is 6.05. The summed E-state index contributed by atoms with van der Waals surface area (Å²) >= 11 is 0. The monoisotopic (exact) mass is 309 g/mol. The van der Waals surface area contributed by atoms with Crippen molar-refractivity contribution in [3.63, 3.8) is 0 Å². The fourth-order valence-electron chi connectivity index (χ4n) is 3.03. The lowest BCUT2D eigenvalue weighted by Crippen LogP contribution is -2.46. The highest BCUT2D eigenvalue weighted by molar-refractivity contribution is 7.85. The van der Waals surface area contributed by atoms with Crippen molar-refractivity contribution in [2.45, 2.75) is 55.7 Å². The number of ether oxygens (including phenoxy) is 1. The van der Waals surface area contributed by atoms with E-state index in [0.717, 1.165) is 36.5 Å². The van der Waals surface area contributed by atoms with Crippen LogP contribution in [0.3, 0.4) is 0 Å². The number of methoxy groups -OCH3 is 1. The zero-order chi connectivity index (χ0) is 15.2. The first kappa shape index (κ1) is 16.5. The topological polar surface area (TPSA) is 38.3 Å². The number of hydrogen-bond donors (Lipinski definition) is 1. The Balaban J connectivity index is 2.15. The van der Waals surface area contributed by atoms with Crippen LogP contribution in [0.2, 0.25) is 0 Å². The summed E-state index contributed by atoms with van der Waals surface area (Å²) < 4.78 is 18.3. The van der Waals surface area contributed by atoms with Crippen LogP contribution in [0.25, 0.3) is 0 Å². The lowest BCUT2D eigenvalue weighted by Gasteiger charge is -2.35. The molecule has 1 aromatic carbocycles. The van der Waals surface area contributed by atoms with Gasteiger partial charge in [0, 0.05) is 10.9 Å².